The highest BCUT2D eigenvalue weighted by Crippen LogP contribution is 2.42. The number of ether oxygens (including phenoxy) is 1. The van der Waals surface area contributed by atoms with Gasteiger partial charge in [0.05, 0.1) is 16.0 Å². The highest BCUT2D eigenvalue weighted by Gasteiger charge is 2.48. The molecular formula is C19H26N2O6. The summed E-state index contributed by atoms with van der Waals surface area (Å²) >= 11 is 0. The lowest BCUT2D eigenvalue weighted by Crippen LogP contribution is -2.42. The number of carboxylic acid groups (broad SMARTS) is 1. The van der Waals surface area contributed by atoms with E-state index in [-0.39, 0.29) is 16.8 Å². The predicted molar refractivity (Wildman–Crippen MR) is 101 cm³/mol. The third-order valence-electron chi connectivity index (χ3n) is 4.59. The average molecular weight is 378 g/mol. The molecular weight excluding hydrogens is 352 g/mol. The molecule has 8 nitrogen and oxygen atoms in total. The standard InChI is InChI=1S/C10H15NO.C7H5NO4.C2H6O/c1-8-5-10(7-12)4-3-9(2)11(10)6-8;9-7(10)5-1-3-6(4-2-5)8(11)12;1-3-2/h7,9H,1,3-6H2,2H3;1-4H,(H,9,10);1-2H3. The number of aromatic carboxylic acids is 1. The smallest absolute Gasteiger partial charge is 0.335 e. The molecule has 0 aliphatic carbocycles. The van der Waals surface area contributed by atoms with Gasteiger partial charge < -0.3 is 14.6 Å². The van der Waals surface area contributed by atoms with Crippen molar-refractivity contribution in [2.45, 2.75) is 37.8 Å². The predicted octanol–water partition coefficient (Wildman–Crippen LogP) is 2.92. The minimum absolute atomic E-state index is 0.0422. The number of hydrogen-bond acceptors (Lipinski definition) is 6. The van der Waals surface area contributed by atoms with Gasteiger partial charge in [-0.2, -0.15) is 0 Å². The van der Waals surface area contributed by atoms with Gasteiger partial charge in [-0.1, -0.05) is 12.2 Å². The zero-order valence-electron chi connectivity index (χ0n) is 15.9. The Morgan fingerprint density at radius 3 is 2.37 bits per heavy atom. The lowest BCUT2D eigenvalue weighted by atomic mass is 9.95. The zero-order chi connectivity index (χ0) is 20.6. The molecule has 2 aliphatic rings. The van der Waals surface area contributed by atoms with Crippen molar-refractivity contribution in [3.63, 3.8) is 0 Å². The van der Waals surface area contributed by atoms with E-state index in [1.54, 1.807) is 14.2 Å². The lowest BCUT2D eigenvalue weighted by Gasteiger charge is -2.27. The second-order valence-electron chi connectivity index (χ2n) is 6.68. The van der Waals surface area contributed by atoms with Crippen molar-refractivity contribution in [1.82, 2.24) is 4.90 Å². The Balaban J connectivity index is 0.000000236. The monoisotopic (exact) mass is 378 g/mol. The van der Waals surface area contributed by atoms with Gasteiger partial charge in [0, 0.05) is 38.9 Å². The third kappa shape index (κ3) is 5.70. The topological polar surface area (TPSA) is 110 Å². The summed E-state index contributed by atoms with van der Waals surface area (Å²) in [6.07, 6.45) is 4.21. The van der Waals surface area contributed by atoms with Crippen LogP contribution in [0, 0.1) is 10.1 Å². The molecule has 0 spiro atoms. The first kappa shape index (κ1) is 22.5. The number of benzene rings is 1. The molecule has 0 bridgehead atoms. The molecule has 0 radical (unpaired) electrons. The van der Waals surface area contributed by atoms with Gasteiger partial charge in [-0.3, -0.25) is 15.0 Å². The molecule has 148 valence electrons. The lowest BCUT2D eigenvalue weighted by molar-refractivity contribution is -0.384. The number of rotatable bonds is 3. The second-order valence-corrected chi connectivity index (χ2v) is 6.68. The molecule has 0 aromatic heterocycles. The van der Waals surface area contributed by atoms with Crippen LogP contribution in [0.15, 0.2) is 36.4 Å². The number of nitro benzene ring substituents is 1. The van der Waals surface area contributed by atoms with Gasteiger partial charge in [0.2, 0.25) is 0 Å². The first-order chi connectivity index (χ1) is 12.7. The van der Waals surface area contributed by atoms with Crippen LogP contribution in [-0.2, 0) is 9.53 Å². The van der Waals surface area contributed by atoms with Crippen LogP contribution >= 0.6 is 0 Å². The Morgan fingerprint density at radius 1 is 1.41 bits per heavy atom. The van der Waals surface area contributed by atoms with Crippen molar-refractivity contribution in [3.05, 3.63) is 52.1 Å². The van der Waals surface area contributed by atoms with E-state index in [1.165, 1.54) is 17.7 Å². The Labute approximate surface area is 158 Å². The largest absolute Gasteiger partial charge is 0.478 e. The van der Waals surface area contributed by atoms with Gasteiger partial charge >= 0.3 is 5.97 Å². The molecule has 27 heavy (non-hydrogen) atoms. The number of carbonyl (C=O) groups is 2. The number of non-ortho nitro benzene ring substituents is 1. The number of nitro groups is 1. The van der Waals surface area contributed by atoms with E-state index >= 15 is 0 Å². The molecule has 0 saturated carbocycles. The van der Waals surface area contributed by atoms with Gasteiger partial charge in [0.15, 0.2) is 0 Å². The van der Waals surface area contributed by atoms with Crippen molar-refractivity contribution < 1.29 is 24.4 Å². The molecule has 2 atom stereocenters. The summed E-state index contributed by atoms with van der Waals surface area (Å²) in [5, 5.41) is 18.6. The van der Waals surface area contributed by atoms with E-state index in [1.807, 2.05) is 0 Å². The number of hydrogen-bond donors (Lipinski definition) is 1. The van der Waals surface area contributed by atoms with Crippen LogP contribution in [0.25, 0.3) is 0 Å². The molecule has 3 rings (SSSR count). The van der Waals surface area contributed by atoms with Gasteiger partial charge in [-0.15, -0.1) is 0 Å². The summed E-state index contributed by atoms with van der Waals surface area (Å²) in [7, 11) is 3.25. The van der Waals surface area contributed by atoms with Crippen LogP contribution < -0.4 is 0 Å². The molecule has 0 amide bonds. The first-order valence-corrected chi connectivity index (χ1v) is 8.48. The van der Waals surface area contributed by atoms with Crippen LogP contribution in [0.5, 0.6) is 0 Å². The Kier molecular flexibility index (Phi) is 8.27. The van der Waals surface area contributed by atoms with E-state index in [2.05, 4.69) is 23.1 Å². The number of fused-ring (bicyclic) bond motifs is 1. The van der Waals surface area contributed by atoms with Gasteiger partial charge in [-0.05, 0) is 38.3 Å². The Morgan fingerprint density at radius 2 is 1.96 bits per heavy atom. The van der Waals surface area contributed by atoms with Crippen LogP contribution in [0.2, 0.25) is 0 Å². The minimum Gasteiger partial charge on any atom is -0.478 e. The van der Waals surface area contributed by atoms with Crippen molar-refractivity contribution >= 4 is 17.9 Å². The van der Waals surface area contributed by atoms with E-state index < -0.39 is 10.9 Å². The van der Waals surface area contributed by atoms with Crippen molar-refractivity contribution in [2.24, 2.45) is 0 Å². The van der Waals surface area contributed by atoms with Crippen LogP contribution in [0.1, 0.15) is 36.5 Å². The maximum Gasteiger partial charge on any atom is 0.335 e. The van der Waals surface area contributed by atoms with Crippen molar-refractivity contribution in [3.8, 4) is 0 Å². The number of carbonyl (C=O) groups excluding carboxylic acids is 1. The molecule has 2 heterocycles. The maximum atomic E-state index is 11.0. The molecule has 2 saturated heterocycles. The highest BCUT2D eigenvalue weighted by molar-refractivity contribution is 5.87. The van der Waals surface area contributed by atoms with Crippen LogP contribution in [0.4, 0.5) is 5.69 Å². The quantitative estimate of drug-likeness (QED) is 0.373. The summed E-state index contributed by atoms with van der Waals surface area (Å²) in [5.41, 5.74) is 0.991. The normalized spacial score (nSPS) is 23.4. The van der Waals surface area contributed by atoms with Crippen LogP contribution in [0.3, 0.4) is 0 Å². The summed E-state index contributed by atoms with van der Waals surface area (Å²) in [4.78, 5) is 33.2. The first-order valence-electron chi connectivity index (χ1n) is 8.48. The van der Waals surface area contributed by atoms with Gasteiger partial charge in [0.25, 0.3) is 5.69 Å². The fraction of sp³-hybridized carbons (Fsp3) is 0.474. The summed E-state index contributed by atoms with van der Waals surface area (Å²) in [6.45, 7) is 7.09. The number of aldehydes is 1. The highest BCUT2D eigenvalue weighted by atomic mass is 16.6. The van der Waals surface area contributed by atoms with Crippen LogP contribution in [-0.4, -0.2) is 59.5 Å². The van der Waals surface area contributed by atoms with Gasteiger partial charge in [-0.25, -0.2) is 4.79 Å². The Hall–Kier alpha value is -2.58. The van der Waals surface area contributed by atoms with Crippen molar-refractivity contribution in [1.29, 1.82) is 0 Å². The zero-order valence-corrected chi connectivity index (χ0v) is 15.9. The van der Waals surface area contributed by atoms with E-state index in [9.17, 15) is 19.7 Å². The Bertz CT molecular complexity index is 655. The fourth-order valence-corrected chi connectivity index (χ4v) is 3.32. The third-order valence-corrected chi connectivity index (χ3v) is 4.59. The second kappa shape index (κ2) is 9.94. The average Bonchev–Trinajstić information content (AvgIpc) is 3.12. The summed E-state index contributed by atoms with van der Waals surface area (Å²) in [6, 6.07) is 5.27. The van der Waals surface area contributed by atoms with E-state index in [0.29, 0.717) is 6.04 Å². The maximum absolute atomic E-state index is 11.0. The molecule has 1 N–H and O–H groups in total. The summed E-state index contributed by atoms with van der Waals surface area (Å²) in [5.74, 6) is -1.09. The van der Waals surface area contributed by atoms with Gasteiger partial charge in [0.1, 0.15) is 6.29 Å². The van der Waals surface area contributed by atoms with E-state index in [4.69, 9.17) is 5.11 Å². The SMILES string of the molecule is C=C1CN2C(C)CCC2(C=O)C1.COC.O=C(O)c1ccc([N+](=O)[O-])cc1. The van der Waals surface area contributed by atoms with E-state index in [0.717, 1.165) is 44.2 Å². The minimum atomic E-state index is -1.09. The number of methoxy groups -OCH3 is 1. The van der Waals surface area contributed by atoms with Crippen molar-refractivity contribution in [2.75, 3.05) is 20.8 Å². The molecule has 2 fully saturated rings. The molecule has 2 unspecified atom stereocenters. The number of nitrogens with zero attached hydrogens (tertiary/aromatic N) is 2. The molecule has 8 heteroatoms. The number of carboxylic acids is 1. The fourth-order valence-electron chi connectivity index (χ4n) is 3.32. The molecule has 2 aliphatic heterocycles. The summed E-state index contributed by atoms with van der Waals surface area (Å²) < 4.78 is 4.25. The molecule has 1 aromatic carbocycles. The molecule has 1 aromatic rings.